The van der Waals surface area contributed by atoms with Crippen LogP contribution in [-0.2, 0) is 0 Å². The standard InChI is InChI=1S/C17H19ClO3/c1-5-17(2,3)16(19)15-9-8-13(21-15)11-6-7-14(20-4)12(18)10-11/h5-10,16,19H,1H2,2-4H3/t16-/m0/s1. The molecule has 1 aromatic heterocycles. The molecular weight excluding hydrogens is 288 g/mol. The lowest BCUT2D eigenvalue weighted by Gasteiger charge is -2.24. The lowest BCUT2D eigenvalue weighted by molar-refractivity contribution is 0.0621. The van der Waals surface area contributed by atoms with Crippen LogP contribution >= 0.6 is 11.6 Å². The molecule has 21 heavy (non-hydrogen) atoms. The van der Waals surface area contributed by atoms with Crippen LogP contribution in [0.25, 0.3) is 11.3 Å². The van der Waals surface area contributed by atoms with Crippen LogP contribution in [-0.4, -0.2) is 12.2 Å². The molecule has 3 nitrogen and oxygen atoms in total. The van der Waals surface area contributed by atoms with Gasteiger partial charge < -0.3 is 14.3 Å². The molecule has 2 rings (SSSR count). The van der Waals surface area contributed by atoms with E-state index in [1.165, 1.54) is 0 Å². The molecule has 2 aromatic rings. The summed E-state index contributed by atoms with van der Waals surface area (Å²) in [4.78, 5) is 0. The highest BCUT2D eigenvalue weighted by Crippen LogP contribution is 2.37. The van der Waals surface area contributed by atoms with E-state index in [1.54, 1.807) is 31.4 Å². The molecule has 0 fully saturated rings. The minimum absolute atomic E-state index is 0.466. The van der Waals surface area contributed by atoms with Crippen LogP contribution in [0, 0.1) is 5.41 Å². The van der Waals surface area contributed by atoms with Gasteiger partial charge in [-0.3, -0.25) is 0 Å². The summed E-state index contributed by atoms with van der Waals surface area (Å²) in [6.07, 6.45) is 0.960. The average molecular weight is 307 g/mol. The molecule has 1 heterocycles. The Hall–Kier alpha value is -1.71. The average Bonchev–Trinajstić information content (AvgIpc) is 2.96. The van der Waals surface area contributed by atoms with Crippen molar-refractivity contribution in [3.8, 4) is 17.1 Å². The van der Waals surface area contributed by atoms with E-state index in [1.807, 2.05) is 26.0 Å². The Morgan fingerprint density at radius 3 is 2.62 bits per heavy atom. The number of benzene rings is 1. The Morgan fingerprint density at radius 1 is 1.33 bits per heavy atom. The molecule has 1 atom stereocenters. The Morgan fingerprint density at radius 2 is 2.05 bits per heavy atom. The topological polar surface area (TPSA) is 42.6 Å². The molecule has 0 radical (unpaired) electrons. The Balaban J connectivity index is 2.32. The van der Waals surface area contributed by atoms with Gasteiger partial charge in [0.15, 0.2) is 0 Å². The molecule has 0 aliphatic carbocycles. The minimum Gasteiger partial charge on any atom is -0.495 e. The number of hydrogen-bond donors (Lipinski definition) is 1. The molecule has 0 bridgehead atoms. The van der Waals surface area contributed by atoms with E-state index in [0.29, 0.717) is 22.3 Å². The lowest BCUT2D eigenvalue weighted by Crippen LogP contribution is -2.18. The number of rotatable bonds is 5. The molecule has 0 unspecified atom stereocenters. The van der Waals surface area contributed by atoms with Crippen LogP contribution in [0.15, 0.2) is 47.4 Å². The van der Waals surface area contributed by atoms with Gasteiger partial charge in [-0.05, 0) is 30.3 Å². The second-order valence-corrected chi connectivity index (χ2v) is 5.89. The predicted octanol–water partition coefficient (Wildman–Crippen LogP) is 4.85. The fraction of sp³-hybridized carbons (Fsp3) is 0.294. The van der Waals surface area contributed by atoms with Gasteiger partial charge in [0, 0.05) is 11.0 Å². The predicted molar refractivity (Wildman–Crippen MR) is 84.6 cm³/mol. The lowest BCUT2D eigenvalue weighted by atomic mass is 9.85. The molecule has 1 aromatic carbocycles. The summed E-state index contributed by atoms with van der Waals surface area (Å²) >= 11 is 6.11. The third kappa shape index (κ3) is 3.14. The van der Waals surface area contributed by atoms with Crippen LogP contribution in [0.2, 0.25) is 5.02 Å². The third-order valence-corrected chi connectivity index (χ3v) is 3.86. The summed E-state index contributed by atoms with van der Waals surface area (Å²) in [5.41, 5.74) is 0.364. The molecule has 0 aliphatic rings. The quantitative estimate of drug-likeness (QED) is 0.803. The van der Waals surface area contributed by atoms with Crippen LogP contribution in [0.3, 0.4) is 0 Å². The molecule has 0 aliphatic heterocycles. The number of furan rings is 1. The van der Waals surface area contributed by atoms with Crippen LogP contribution in [0.1, 0.15) is 25.7 Å². The Bertz CT molecular complexity index is 643. The number of aliphatic hydroxyl groups excluding tert-OH is 1. The molecule has 0 saturated carbocycles. The molecule has 112 valence electrons. The number of hydrogen-bond acceptors (Lipinski definition) is 3. The first-order valence-electron chi connectivity index (χ1n) is 6.64. The smallest absolute Gasteiger partial charge is 0.137 e. The van der Waals surface area contributed by atoms with Gasteiger partial charge in [0.2, 0.25) is 0 Å². The van der Waals surface area contributed by atoms with Gasteiger partial charge in [-0.25, -0.2) is 0 Å². The second kappa shape index (κ2) is 5.96. The fourth-order valence-corrected chi connectivity index (χ4v) is 2.21. The van der Waals surface area contributed by atoms with Crippen molar-refractivity contribution in [1.82, 2.24) is 0 Å². The van der Waals surface area contributed by atoms with Crippen molar-refractivity contribution in [2.45, 2.75) is 20.0 Å². The summed E-state index contributed by atoms with van der Waals surface area (Å²) in [5.74, 6) is 1.76. The Labute approximate surface area is 129 Å². The van der Waals surface area contributed by atoms with Crippen molar-refractivity contribution in [3.63, 3.8) is 0 Å². The first kappa shape index (κ1) is 15.7. The van der Waals surface area contributed by atoms with E-state index >= 15 is 0 Å². The highest BCUT2D eigenvalue weighted by atomic mass is 35.5. The van der Waals surface area contributed by atoms with Gasteiger partial charge >= 0.3 is 0 Å². The van der Waals surface area contributed by atoms with Gasteiger partial charge in [0.25, 0.3) is 0 Å². The van der Waals surface area contributed by atoms with Crippen molar-refractivity contribution >= 4 is 11.6 Å². The van der Waals surface area contributed by atoms with Crippen molar-refractivity contribution < 1.29 is 14.3 Å². The molecule has 0 amide bonds. The van der Waals surface area contributed by atoms with Crippen LogP contribution in [0.4, 0.5) is 0 Å². The van der Waals surface area contributed by atoms with Crippen LogP contribution < -0.4 is 4.74 Å². The SMILES string of the molecule is C=CC(C)(C)[C@@H](O)c1ccc(-c2ccc(OC)c(Cl)c2)o1. The van der Waals surface area contributed by atoms with Gasteiger partial charge in [-0.1, -0.05) is 31.5 Å². The number of methoxy groups -OCH3 is 1. The minimum atomic E-state index is -0.752. The fourth-order valence-electron chi connectivity index (χ4n) is 1.95. The number of ether oxygens (including phenoxy) is 1. The molecule has 4 heteroatoms. The van der Waals surface area contributed by atoms with Crippen molar-refractivity contribution in [1.29, 1.82) is 0 Å². The van der Waals surface area contributed by atoms with Gasteiger partial charge in [0.05, 0.1) is 12.1 Å². The maximum absolute atomic E-state index is 10.3. The van der Waals surface area contributed by atoms with Crippen molar-refractivity contribution in [2.24, 2.45) is 5.41 Å². The normalized spacial score (nSPS) is 13.0. The van der Waals surface area contributed by atoms with E-state index < -0.39 is 11.5 Å². The zero-order chi connectivity index (χ0) is 15.6. The summed E-state index contributed by atoms with van der Waals surface area (Å²) < 4.78 is 10.9. The van der Waals surface area contributed by atoms with E-state index in [4.69, 9.17) is 20.8 Å². The number of aliphatic hydroxyl groups is 1. The van der Waals surface area contributed by atoms with E-state index in [2.05, 4.69) is 6.58 Å². The van der Waals surface area contributed by atoms with Crippen molar-refractivity contribution in [3.05, 3.63) is 53.8 Å². The highest BCUT2D eigenvalue weighted by Gasteiger charge is 2.28. The first-order chi connectivity index (χ1) is 9.89. The maximum atomic E-state index is 10.3. The summed E-state index contributed by atoms with van der Waals surface area (Å²) in [6, 6.07) is 9.00. The Kier molecular flexibility index (Phi) is 4.45. The zero-order valence-electron chi connectivity index (χ0n) is 12.4. The maximum Gasteiger partial charge on any atom is 0.137 e. The monoisotopic (exact) mass is 306 g/mol. The highest BCUT2D eigenvalue weighted by molar-refractivity contribution is 6.32. The molecule has 1 N–H and O–H groups in total. The summed E-state index contributed by atoms with van der Waals surface area (Å²) in [7, 11) is 1.57. The van der Waals surface area contributed by atoms with Gasteiger partial charge in [-0.2, -0.15) is 0 Å². The van der Waals surface area contributed by atoms with Crippen LogP contribution in [0.5, 0.6) is 5.75 Å². The number of halogens is 1. The van der Waals surface area contributed by atoms with E-state index in [9.17, 15) is 5.11 Å². The van der Waals surface area contributed by atoms with Gasteiger partial charge in [0.1, 0.15) is 23.4 Å². The second-order valence-electron chi connectivity index (χ2n) is 5.48. The van der Waals surface area contributed by atoms with Crippen molar-refractivity contribution in [2.75, 3.05) is 7.11 Å². The van der Waals surface area contributed by atoms with Gasteiger partial charge in [-0.15, -0.1) is 6.58 Å². The molecule has 0 saturated heterocycles. The van der Waals surface area contributed by atoms with E-state index in [0.717, 1.165) is 5.56 Å². The first-order valence-corrected chi connectivity index (χ1v) is 7.02. The molecular formula is C17H19ClO3. The summed E-state index contributed by atoms with van der Waals surface area (Å²) in [5, 5.41) is 10.8. The third-order valence-electron chi connectivity index (χ3n) is 3.56. The zero-order valence-corrected chi connectivity index (χ0v) is 13.1. The summed E-state index contributed by atoms with van der Waals surface area (Å²) in [6.45, 7) is 7.54. The molecule has 0 spiro atoms. The largest absolute Gasteiger partial charge is 0.495 e. The van der Waals surface area contributed by atoms with E-state index in [-0.39, 0.29) is 0 Å².